The number of likely N-dealkylation sites (N-methyl/N-ethyl adjacent to an activating group) is 1. The van der Waals surface area contributed by atoms with Crippen molar-refractivity contribution in [1.82, 2.24) is 10.0 Å². The first kappa shape index (κ1) is 22.2. The predicted octanol–water partition coefficient (Wildman–Crippen LogP) is 2.96. The van der Waals surface area contributed by atoms with E-state index in [-0.39, 0.29) is 28.8 Å². The smallest absolute Gasteiger partial charge is 0.242 e. The summed E-state index contributed by atoms with van der Waals surface area (Å²) >= 11 is 5.92. The molecule has 2 aromatic carbocycles. The van der Waals surface area contributed by atoms with Crippen LogP contribution in [0.3, 0.4) is 0 Å². The van der Waals surface area contributed by atoms with Gasteiger partial charge in [0.2, 0.25) is 15.9 Å². The number of benzene rings is 2. The number of halogens is 1. The SMILES string of the molecule is CCN(CCNC(=O)CCNS(=O)(=O)c1ccccc1Cl)c1cccc(C)c1. The number of carbonyl (C=O) groups excluding carboxylic acids is 1. The lowest BCUT2D eigenvalue weighted by molar-refractivity contribution is -0.120. The Labute approximate surface area is 171 Å². The Bertz CT molecular complexity index is 903. The second-order valence-electron chi connectivity index (χ2n) is 6.35. The minimum absolute atomic E-state index is 0.00816. The van der Waals surface area contributed by atoms with E-state index < -0.39 is 10.0 Å². The number of sulfonamides is 1. The van der Waals surface area contributed by atoms with E-state index in [0.717, 1.165) is 12.2 Å². The lowest BCUT2D eigenvalue weighted by atomic mass is 10.2. The van der Waals surface area contributed by atoms with Crippen LogP contribution in [0.15, 0.2) is 53.4 Å². The van der Waals surface area contributed by atoms with Gasteiger partial charge in [0.05, 0.1) is 5.02 Å². The quantitative estimate of drug-likeness (QED) is 0.615. The summed E-state index contributed by atoms with van der Waals surface area (Å²) in [4.78, 5) is 14.2. The number of hydrogen-bond donors (Lipinski definition) is 2. The molecule has 0 fully saturated rings. The molecule has 2 rings (SSSR count). The van der Waals surface area contributed by atoms with E-state index in [1.807, 2.05) is 25.1 Å². The fourth-order valence-electron chi connectivity index (χ4n) is 2.75. The number of nitrogens with one attached hydrogen (secondary N) is 2. The Balaban J connectivity index is 1.76. The highest BCUT2D eigenvalue weighted by molar-refractivity contribution is 7.89. The van der Waals surface area contributed by atoms with Crippen LogP contribution in [-0.2, 0) is 14.8 Å². The summed E-state index contributed by atoms with van der Waals surface area (Å²) in [7, 11) is -3.73. The molecule has 0 saturated carbocycles. The van der Waals surface area contributed by atoms with Crippen LogP contribution in [-0.4, -0.2) is 40.5 Å². The number of rotatable bonds is 10. The summed E-state index contributed by atoms with van der Waals surface area (Å²) in [5.74, 6) is -0.206. The minimum atomic E-state index is -3.73. The van der Waals surface area contributed by atoms with Crippen LogP contribution < -0.4 is 14.9 Å². The van der Waals surface area contributed by atoms with Gasteiger partial charge >= 0.3 is 0 Å². The van der Waals surface area contributed by atoms with E-state index >= 15 is 0 Å². The molecule has 0 spiro atoms. The highest BCUT2D eigenvalue weighted by atomic mass is 35.5. The standard InChI is InChI=1S/C20H26ClN3O3S/c1-3-24(17-8-6-7-16(2)15-17)14-13-22-20(25)11-12-23-28(26,27)19-10-5-4-9-18(19)21/h4-10,15,23H,3,11-14H2,1-2H3,(H,22,25). The molecule has 6 nitrogen and oxygen atoms in total. The molecule has 0 saturated heterocycles. The zero-order valence-electron chi connectivity index (χ0n) is 16.1. The van der Waals surface area contributed by atoms with Gasteiger partial charge in [-0.05, 0) is 43.7 Å². The first-order valence-electron chi connectivity index (χ1n) is 9.16. The summed E-state index contributed by atoms with van der Waals surface area (Å²) in [5.41, 5.74) is 2.30. The molecule has 0 radical (unpaired) electrons. The molecule has 0 bridgehead atoms. The molecule has 2 N–H and O–H groups in total. The van der Waals surface area contributed by atoms with Crippen molar-refractivity contribution >= 4 is 33.2 Å². The molecule has 0 aliphatic rings. The summed E-state index contributed by atoms with van der Waals surface area (Å²) in [6, 6.07) is 14.4. The fraction of sp³-hybridized carbons (Fsp3) is 0.350. The van der Waals surface area contributed by atoms with Crippen LogP contribution in [0.25, 0.3) is 0 Å². The lowest BCUT2D eigenvalue weighted by Gasteiger charge is -2.23. The molecule has 2 aromatic rings. The van der Waals surface area contributed by atoms with Crippen molar-refractivity contribution < 1.29 is 13.2 Å². The third-order valence-corrected chi connectivity index (χ3v) is 6.18. The zero-order valence-corrected chi connectivity index (χ0v) is 17.7. The maximum absolute atomic E-state index is 12.2. The number of amides is 1. The molecule has 1 amide bonds. The Morgan fingerprint density at radius 1 is 1.11 bits per heavy atom. The molecule has 0 heterocycles. The maximum atomic E-state index is 12.2. The molecule has 8 heteroatoms. The third kappa shape index (κ3) is 6.51. The molecule has 0 unspecified atom stereocenters. The Hall–Kier alpha value is -2.09. The largest absolute Gasteiger partial charge is 0.370 e. The number of hydrogen-bond acceptors (Lipinski definition) is 4. The van der Waals surface area contributed by atoms with Crippen molar-refractivity contribution in [1.29, 1.82) is 0 Å². The van der Waals surface area contributed by atoms with Gasteiger partial charge in [0.1, 0.15) is 4.90 Å². The van der Waals surface area contributed by atoms with E-state index in [0.29, 0.717) is 13.1 Å². The molecule has 0 aliphatic heterocycles. The molecular weight excluding hydrogens is 398 g/mol. The molecule has 0 atom stereocenters. The Morgan fingerprint density at radius 2 is 1.86 bits per heavy atom. The summed E-state index contributed by atoms with van der Waals surface area (Å²) in [5, 5.41) is 2.98. The minimum Gasteiger partial charge on any atom is -0.370 e. The first-order valence-corrected chi connectivity index (χ1v) is 11.0. The molecule has 152 valence electrons. The van der Waals surface area contributed by atoms with Crippen molar-refractivity contribution in [3.05, 3.63) is 59.1 Å². The van der Waals surface area contributed by atoms with Crippen LogP contribution in [0.2, 0.25) is 5.02 Å². The molecule has 0 aromatic heterocycles. The predicted molar refractivity (Wildman–Crippen MR) is 113 cm³/mol. The van der Waals surface area contributed by atoms with Gasteiger partial charge in [-0.15, -0.1) is 0 Å². The highest BCUT2D eigenvalue weighted by Gasteiger charge is 2.17. The summed E-state index contributed by atoms with van der Waals surface area (Å²) < 4.78 is 26.9. The number of nitrogens with zero attached hydrogens (tertiary/aromatic N) is 1. The van der Waals surface area contributed by atoms with Crippen LogP contribution in [0.5, 0.6) is 0 Å². The van der Waals surface area contributed by atoms with E-state index in [4.69, 9.17) is 11.6 Å². The molecule has 0 aliphatic carbocycles. The van der Waals surface area contributed by atoms with Crippen LogP contribution in [0, 0.1) is 6.92 Å². The van der Waals surface area contributed by atoms with E-state index in [1.165, 1.54) is 17.7 Å². The van der Waals surface area contributed by atoms with Crippen molar-refractivity contribution in [3.63, 3.8) is 0 Å². The van der Waals surface area contributed by atoms with E-state index in [2.05, 4.69) is 27.9 Å². The van der Waals surface area contributed by atoms with Crippen molar-refractivity contribution in [3.8, 4) is 0 Å². The van der Waals surface area contributed by atoms with Gasteiger partial charge < -0.3 is 10.2 Å². The summed E-state index contributed by atoms with van der Waals surface area (Å²) in [6.45, 7) is 6.11. The average molecular weight is 424 g/mol. The normalized spacial score (nSPS) is 11.2. The second kappa shape index (κ2) is 10.5. The van der Waals surface area contributed by atoms with Crippen LogP contribution in [0.1, 0.15) is 18.9 Å². The topological polar surface area (TPSA) is 78.5 Å². The first-order chi connectivity index (χ1) is 13.3. The van der Waals surface area contributed by atoms with Crippen LogP contribution >= 0.6 is 11.6 Å². The van der Waals surface area contributed by atoms with E-state index in [9.17, 15) is 13.2 Å². The van der Waals surface area contributed by atoms with Crippen molar-refractivity contribution in [2.45, 2.75) is 25.2 Å². The third-order valence-electron chi connectivity index (χ3n) is 4.22. The Morgan fingerprint density at radius 3 is 2.54 bits per heavy atom. The van der Waals surface area contributed by atoms with Crippen molar-refractivity contribution in [2.75, 3.05) is 31.1 Å². The van der Waals surface area contributed by atoms with Gasteiger partial charge in [-0.2, -0.15) is 0 Å². The van der Waals surface area contributed by atoms with Gasteiger partial charge in [0.15, 0.2) is 0 Å². The van der Waals surface area contributed by atoms with Crippen molar-refractivity contribution in [2.24, 2.45) is 0 Å². The monoisotopic (exact) mass is 423 g/mol. The van der Waals surface area contributed by atoms with Crippen LogP contribution in [0.4, 0.5) is 5.69 Å². The van der Waals surface area contributed by atoms with Gasteiger partial charge in [0, 0.05) is 38.3 Å². The number of aryl methyl sites for hydroxylation is 1. The maximum Gasteiger partial charge on any atom is 0.242 e. The fourth-order valence-corrected chi connectivity index (χ4v) is 4.30. The van der Waals surface area contributed by atoms with Gasteiger partial charge in [-0.1, -0.05) is 35.9 Å². The average Bonchev–Trinajstić information content (AvgIpc) is 2.65. The highest BCUT2D eigenvalue weighted by Crippen LogP contribution is 2.20. The summed E-state index contributed by atoms with van der Waals surface area (Å²) in [6.07, 6.45) is 0.0558. The molecule has 28 heavy (non-hydrogen) atoms. The number of carbonyl (C=O) groups is 1. The second-order valence-corrected chi connectivity index (χ2v) is 8.49. The van der Waals surface area contributed by atoms with E-state index in [1.54, 1.807) is 12.1 Å². The van der Waals surface area contributed by atoms with Gasteiger partial charge in [0.25, 0.3) is 0 Å². The van der Waals surface area contributed by atoms with Gasteiger partial charge in [-0.25, -0.2) is 13.1 Å². The Kier molecular flexibility index (Phi) is 8.29. The van der Waals surface area contributed by atoms with Gasteiger partial charge in [-0.3, -0.25) is 4.79 Å². The molecular formula is C20H26ClN3O3S. The number of anilines is 1. The zero-order chi connectivity index (χ0) is 20.6. The lowest BCUT2D eigenvalue weighted by Crippen LogP contribution is -2.36.